The summed E-state index contributed by atoms with van der Waals surface area (Å²) < 4.78 is 10.8. The SMILES string of the molecule is CCCCOC1CC(NC(=O)CNCCOC)C1(C)C. The largest absolute Gasteiger partial charge is 0.383 e. The molecule has 0 aromatic rings. The monoisotopic (exact) mass is 286 g/mol. The molecule has 0 bridgehead atoms. The maximum absolute atomic E-state index is 11.8. The molecule has 2 unspecified atom stereocenters. The molecule has 2 atom stereocenters. The normalized spacial score (nSPS) is 24.2. The predicted molar refractivity (Wildman–Crippen MR) is 79.7 cm³/mol. The van der Waals surface area contributed by atoms with Crippen molar-refractivity contribution in [2.45, 2.75) is 52.2 Å². The Morgan fingerprint density at radius 1 is 1.35 bits per heavy atom. The van der Waals surface area contributed by atoms with E-state index in [1.165, 1.54) is 0 Å². The smallest absolute Gasteiger partial charge is 0.234 e. The maximum atomic E-state index is 11.8. The van der Waals surface area contributed by atoms with Gasteiger partial charge in [-0.15, -0.1) is 0 Å². The molecule has 1 amide bonds. The lowest BCUT2D eigenvalue weighted by atomic mass is 9.64. The summed E-state index contributed by atoms with van der Waals surface area (Å²) in [6.45, 7) is 8.97. The lowest BCUT2D eigenvalue weighted by Gasteiger charge is -2.51. The number of hydrogen-bond donors (Lipinski definition) is 2. The van der Waals surface area contributed by atoms with Crippen LogP contribution in [0.15, 0.2) is 0 Å². The minimum absolute atomic E-state index is 0.0237. The first kappa shape index (κ1) is 17.4. The van der Waals surface area contributed by atoms with Crippen molar-refractivity contribution in [2.24, 2.45) is 5.41 Å². The van der Waals surface area contributed by atoms with Gasteiger partial charge in [-0.05, 0) is 12.8 Å². The second kappa shape index (κ2) is 8.60. The van der Waals surface area contributed by atoms with Gasteiger partial charge in [-0.3, -0.25) is 4.79 Å². The highest BCUT2D eigenvalue weighted by Crippen LogP contribution is 2.42. The molecule has 1 fully saturated rings. The predicted octanol–water partition coefficient (Wildman–Crippen LogP) is 1.32. The molecule has 0 aromatic carbocycles. The molecule has 0 aromatic heterocycles. The Labute approximate surface area is 122 Å². The van der Waals surface area contributed by atoms with Crippen molar-refractivity contribution in [1.29, 1.82) is 0 Å². The van der Waals surface area contributed by atoms with Crippen LogP contribution >= 0.6 is 0 Å². The van der Waals surface area contributed by atoms with Crippen LogP contribution in [0.1, 0.15) is 40.0 Å². The Morgan fingerprint density at radius 3 is 2.70 bits per heavy atom. The molecule has 0 spiro atoms. The lowest BCUT2D eigenvalue weighted by Crippen LogP contribution is -2.62. The first-order valence-electron chi connectivity index (χ1n) is 7.63. The van der Waals surface area contributed by atoms with E-state index in [0.29, 0.717) is 19.7 Å². The topological polar surface area (TPSA) is 59.6 Å². The van der Waals surface area contributed by atoms with Crippen molar-refractivity contribution in [3.63, 3.8) is 0 Å². The number of unbranched alkanes of at least 4 members (excludes halogenated alkanes) is 1. The maximum Gasteiger partial charge on any atom is 0.234 e. The van der Waals surface area contributed by atoms with E-state index in [1.807, 2.05) is 0 Å². The van der Waals surface area contributed by atoms with Crippen LogP contribution in [0.4, 0.5) is 0 Å². The molecule has 5 nitrogen and oxygen atoms in total. The zero-order chi connectivity index (χ0) is 15.0. The van der Waals surface area contributed by atoms with Gasteiger partial charge in [-0.2, -0.15) is 0 Å². The summed E-state index contributed by atoms with van der Waals surface area (Å²) in [5.41, 5.74) is 0.0237. The number of amides is 1. The Bertz CT molecular complexity index is 295. The number of nitrogens with one attached hydrogen (secondary N) is 2. The third-order valence-corrected chi connectivity index (χ3v) is 4.10. The summed E-state index contributed by atoms with van der Waals surface area (Å²) in [5.74, 6) is 0.0474. The number of carbonyl (C=O) groups is 1. The van der Waals surface area contributed by atoms with Crippen molar-refractivity contribution in [3.05, 3.63) is 0 Å². The number of hydrogen-bond acceptors (Lipinski definition) is 4. The van der Waals surface area contributed by atoms with Crippen LogP contribution in [-0.4, -0.2) is 51.5 Å². The van der Waals surface area contributed by atoms with Crippen LogP contribution in [0.3, 0.4) is 0 Å². The zero-order valence-electron chi connectivity index (χ0n) is 13.3. The molecular weight excluding hydrogens is 256 g/mol. The third-order valence-electron chi connectivity index (χ3n) is 4.10. The third kappa shape index (κ3) is 5.04. The molecule has 0 heterocycles. The molecular formula is C15H30N2O3. The fourth-order valence-electron chi connectivity index (χ4n) is 2.40. The Balaban J connectivity index is 2.20. The van der Waals surface area contributed by atoms with Gasteiger partial charge in [0, 0.05) is 31.7 Å². The highest BCUT2D eigenvalue weighted by molar-refractivity contribution is 5.78. The molecule has 0 radical (unpaired) electrons. The summed E-state index contributed by atoms with van der Waals surface area (Å²) in [7, 11) is 1.65. The summed E-state index contributed by atoms with van der Waals surface area (Å²) in [4.78, 5) is 11.8. The van der Waals surface area contributed by atoms with Gasteiger partial charge in [0.05, 0.1) is 19.3 Å². The second-order valence-electron chi connectivity index (χ2n) is 6.06. The summed E-state index contributed by atoms with van der Waals surface area (Å²) in [6, 6.07) is 0.214. The number of carbonyl (C=O) groups excluding carboxylic acids is 1. The molecule has 5 heteroatoms. The van der Waals surface area contributed by atoms with Crippen molar-refractivity contribution in [2.75, 3.05) is 33.4 Å². The first-order chi connectivity index (χ1) is 9.52. The van der Waals surface area contributed by atoms with E-state index >= 15 is 0 Å². The molecule has 1 saturated carbocycles. The van der Waals surface area contributed by atoms with Gasteiger partial charge in [0.15, 0.2) is 0 Å². The van der Waals surface area contributed by atoms with Gasteiger partial charge in [-0.25, -0.2) is 0 Å². The molecule has 0 saturated heterocycles. The summed E-state index contributed by atoms with van der Waals surface area (Å²) in [6.07, 6.45) is 3.44. The van der Waals surface area contributed by atoms with Gasteiger partial charge < -0.3 is 20.1 Å². The molecule has 1 aliphatic rings. The van der Waals surface area contributed by atoms with Crippen LogP contribution in [0.5, 0.6) is 0 Å². The average Bonchev–Trinajstić information content (AvgIpc) is 2.42. The van der Waals surface area contributed by atoms with E-state index in [4.69, 9.17) is 9.47 Å². The summed E-state index contributed by atoms with van der Waals surface area (Å²) in [5, 5.41) is 6.13. The van der Waals surface area contributed by atoms with E-state index in [0.717, 1.165) is 25.9 Å². The van der Waals surface area contributed by atoms with Crippen LogP contribution in [0, 0.1) is 5.41 Å². The zero-order valence-corrected chi connectivity index (χ0v) is 13.3. The number of rotatable bonds is 10. The minimum atomic E-state index is 0.0237. The number of methoxy groups -OCH3 is 1. The standard InChI is InChI=1S/C15H30N2O3/c1-5-6-8-20-13-10-12(15(13,2)3)17-14(18)11-16-7-9-19-4/h12-13,16H,5-11H2,1-4H3,(H,17,18). The van der Waals surface area contributed by atoms with E-state index in [9.17, 15) is 4.79 Å². The Morgan fingerprint density at radius 2 is 2.10 bits per heavy atom. The lowest BCUT2D eigenvalue weighted by molar-refractivity contribution is -0.137. The minimum Gasteiger partial charge on any atom is -0.383 e. The molecule has 118 valence electrons. The van der Waals surface area contributed by atoms with Crippen molar-refractivity contribution < 1.29 is 14.3 Å². The van der Waals surface area contributed by atoms with Crippen molar-refractivity contribution >= 4 is 5.91 Å². The highest BCUT2D eigenvalue weighted by atomic mass is 16.5. The van der Waals surface area contributed by atoms with Crippen LogP contribution < -0.4 is 10.6 Å². The van der Waals surface area contributed by atoms with E-state index < -0.39 is 0 Å². The highest BCUT2D eigenvalue weighted by Gasteiger charge is 2.49. The molecule has 1 rings (SSSR count). The van der Waals surface area contributed by atoms with Crippen LogP contribution in [0.2, 0.25) is 0 Å². The summed E-state index contributed by atoms with van der Waals surface area (Å²) >= 11 is 0. The fourth-order valence-corrected chi connectivity index (χ4v) is 2.40. The molecule has 2 N–H and O–H groups in total. The second-order valence-corrected chi connectivity index (χ2v) is 6.06. The van der Waals surface area contributed by atoms with Crippen molar-refractivity contribution in [1.82, 2.24) is 10.6 Å². The Hall–Kier alpha value is -0.650. The quantitative estimate of drug-likeness (QED) is 0.595. The molecule has 1 aliphatic carbocycles. The average molecular weight is 286 g/mol. The van der Waals surface area contributed by atoms with Gasteiger partial charge >= 0.3 is 0 Å². The molecule has 20 heavy (non-hydrogen) atoms. The van der Waals surface area contributed by atoms with Gasteiger partial charge in [0.25, 0.3) is 0 Å². The van der Waals surface area contributed by atoms with Crippen LogP contribution in [0.25, 0.3) is 0 Å². The molecule has 0 aliphatic heterocycles. The van der Waals surface area contributed by atoms with Crippen molar-refractivity contribution in [3.8, 4) is 0 Å². The first-order valence-corrected chi connectivity index (χ1v) is 7.63. The van der Waals surface area contributed by atoms with Gasteiger partial charge in [0.2, 0.25) is 5.91 Å². The van der Waals surface area contributed by atoms with Gasteiger partial charge in [-0.1, -0.05) is 27.2 Å². The number of ether oxygens (including phenoxy) is 2. The van der Waals surface area contributed by atoms with E-state index in [-0.39, 0.29) is 23.5 Å². The van der Waals surface area contributed by atoms with Crippen LogP contribution in [-0.2, 0) is 14.3 Å². The Kier molecular flexibility index (Phi) is 7.48. The fraction of sp³-hybridized carbons (Fsp3) is 0.933. The van der Waals surface area contributed by atoms with Gasteiger partial charge in [0.1, 0.15) is 0 Å². The van der Waals surface area contributed by atoms with E-state index in [2.05, 4.69) is 31.4 Å². The van der Waals surface area contributed by atoms with E-state index in [1.54, 1.807) is 7.11 Å².